The Morgan fingerprint density at radius 1 is 1.11 bits per heavy atom. The number of benzene rings is 1. The molecule has 1 aromatic carbocycles. The summed E-state index contributed by atoms with van der Waals surface area (Å²) >= 11 is 0. The summed E-state index contributed by atoms with van der Waals surface area (Å²) in [6, 6.07) is 7.47. The van der Waals surface area contributed by atoms with Gasteiger partial charge in [-0.15, -0.1) is 0 Å². The lowest BCUT2D eigenvalue weighted by Crippen LogP contribution is -2.29. The number of rotatable bonds is 2. The molecule has 2 rings (SSSR count). The van der Waals surface area contributed by atoms with Gasteiger partial charge in [-0.2, -0.15) is 0 Å². The van der Waals surface area contributed by atoms with E-state index in [1.807, 2.05) is 24.3 Å². The standard InChI is InChI=1S/C14H13O4/c1-9(15)17-13-8-7-11-5-3-4-6-12(11)14(13)18-10(2)16/h3-7,13-14H,1-2H3. The largest absolute Gasteiger partial charge is 0.453 e. The first kappa shape index (κ1) is 12.4. The maximum atomic E-state index is 11.2. The number of fused-ring (bicyclic) bond motifs is 1. The summed E-state index contributed by atoms with van der Waals surface area (Å²) in [5.41, 5.74) is 1.73. The van der Waals surface area contributed by atoms with Crippen LogP contribution < -0.4 is 0 Å². The van der Waals surface area contributed by atoms with Crippen molar-refractivity contribution in [2.45, 2.75) is 26.1 Å². The lowest BCUT2D eigenvalue weighted by molar-refractivity contribution is -0.163. The molecule has 1 radical (unpaired) electrons. The fourth-order valence-electron chi connectivity index (χ4n) is 1.90. The number of hydrogen-bond acceptors (Lipinski definition) is 4. The van der Waals surface area contributed by atoms with Gasteiger partial charge in [0.1, 0.15) is 0 Å². The molecular weight excluding hydrogens is 232 g/mol. The van der Waals surface area contributed by atoms with Crippen LogP contribution >= 0.6 is 0 Å². The highest BCUT2D eigenvalue weighted by Gasteiger charge is 2.31. The van der Waals surface area contributed by atoms with Crippen molar-refractivity contribution in [3.8, 4) is 0 Å². The van der Waals surface area contributed by atoms with Crippen molar-refractivity contribution < 1.29 is 19.1 Å². The van der Waals surface area contributed by atoms with Crippen molar-refractivity contribution >= 4 is 18.0 Å². The maximum Gasteiger partial charge on any atom is 0.303 e. The maximum absolute atomic E-state index is 11.2. The molecule has 2 unspecified atom stereocenters. The molecule has 0 saturated carbocycles. The van der Waals surface area contributed by atoms with E-state index in [4.69, 9.17) is 9.47 Å². The molecule has 0 amide bonds. The van der Waals surface area contributed by atoms with Crippen molar-refractivity contribution in [3.05, 3.63) is 41.5 Å². The third-order valence-corrected chi connectivity index (χ3v) is 2.57. The molecule has 4 heteroatoms. The van der Waals surface area contributed by atoms with Crippen molar-refractivity contribution in [1.29, 1.82) is 0 Å². The highest BCUT2D eigenvalue weighted by Crippen LogP contribution is 2.32. The van der Waals surface area contributed by atoms with Gasteiger partial charge < -0.3 is 9.47 Å². The van der Waals surface area contributed by atoms with Gasteiger partial charge in [0.2, 0.25) is 0 Å². The van der Waals surface area contributed by atoms with Crippen molar-refractivity contribution in [1.82, 2.24) is 0 Å². The molecule has 1 aliphatic carbocycles. The molecule has 0 N–H and O–H groups in total. The highest BCUT2D eigenvalue weighted by atomic mass is 16.6. The fraction of sp³-hybridized carbons (Fsp3) is 0.286. The van der Waals surface area contributed by atoms with Crippen LogP contribution in [0.1, 0.15) is 31.1 Å². The molecule has 0 bridgehead atoms. The smallest absolute Gasteiger partial charge is 0.303 e. The predicted octanol–water partition coefficient (Wildman–Crippen LogP) is 2.05. The zero-order chi connectivity index (χ0) is 13.1. The molecule has 0 saturated heterocycles. The van der Waals surface area contributed by atoms with Crippen LogP contribution in [0.5, 0.6) is 0 Å². The molecule has 18 heavy (non-hydrogen) atoms. The lowest BCUT2D eigenvalue weighted by Gasteiger charge is -2.28. The second-order valence-electron chi connectivity index (χ2n) is 4.00. The zero-order valence-electron chi connectivity index (χ0n) is 10.2. The molecule has 0 heterocycles. The Bertz CT molecular complexity index is 504. The Balaban J connectivity index is 2.34. The Hall–Kier alpha value is -2.10. The first-order chi connectivity index (χ1) is 8.58. The van der Waals surface area contributed by atoms with Crippen molar-refractivity contribution in [2.75, 3.05) is 0 Å². The van der Waals surface area contributed by atoms with Crippen LogP contribution in [0.3, 0.4) is 0 Å². The van der Waals surface area contributed by atoms with E-state index in [2.05, 4.69) is 6.08 Å². The van der Waals surface area contributed by atoms with E-state index in [9.17, 15) is 9.59 Å². The summed E-state index contributed by atoms with van der Waals surface area (Å²) in [5.74, 6) is -0.854. The van der Waals surface area contributed by atoms with Crippen LogP contribution in [0.4, 0.5) is 0 Å². The average Bonchev–Trinajstić information content (AvgIpc) is 2.31. The molecular formula is C14H13O4. The summed E-state index contributed by atoms with van der Waals surface area (Å²) < 4.78 is 10.3. The van der Waals surface area contributed by atoms with Crippen molar-refractivity contribution in [2.24, 2.45) is 0 Å². The average molecular weight is 245 g/mol. The SMILES string of the molecule is CC(=O)OC1[C]=Cc2ccccc2C1OC(C)=O. The van der Waals surface area contributed by atoms with E-state index in [1.165, 1.54) is 13.8 Å². The zero-order valence-corrected chi connectivity index (χ0v) is 10.2. The van der Waals surface area contributed by atoms with Crippen LogP contribution in [-0.4, -0.2) is 18.0 Å². The molecule has 1 aliphatic rings. The van der Waals surface area contributed by atoms with Gasteiger partial charge in [-0.3, -0.25) is 9.59 Å². The molecule has 0 spiro atoms. The van der Waals surface area contributed by atoms with E-state index in [0.717, 1.165) is 11.1 Å². The quantitative estimate of drug-likeness (QED) is 0.748. The summed E-state index contributed by atoms with van der Waals surface area (Å²) in [4.78, 5) is 22.2. The summed E-state index contributed by atoms with van der Waals surface area (Å²) in [5, 5.41) is 0. The third-order valence-electron chi connectivity index (χ3n) is 2.57. The van der Waals surface area contributed by atoms with E-state index < -0.39 is 24.1 Å². The van der Waals surface area contributed by atoms with Gasteiger partial charge >= 0.3 is 11.9 Å². The number of carbonyl (C=O) groups excluding carboxylic acids is 2. The van der Waals surface area contributed by atoms with Crippen LogP contribution in [0.15, 0.2) is 24.3 Å². The predicted molar refractivity (Wildman–Crippen MR) is 64.2 cm³/mol. The molecule has 2 atom stereocenters. The first-order valence-electron chi connectivity index (χ1n) is 5.60. The van der Waals surface area contributed by atoms with Gasteiger partial charge in [-0.05, 0) is 11.6 Å². The summed E-state index contributed by atoms with van der Waals surface area (Å²) in [7, 11) is 0. The third kappa shape index (κ3) is 2.59. The van der Waals surface area contributed by atoms with Gasteiger partial charge in [0.15, 0.2) is 12.2 Å². The van der Waals surface area contributed by atoms with Gasteiger partial charge in [-0.25, -0.2) is 0 Å². The lowest BCUT2D eigenvalue weighted by atomic mass is 9.93. The Labute approximate surface area is 105 Å². The number of hydrogen-bond donors (Lipinski definition) is 0. The Morgan fingerprint density at radius 3 is 2.44 bits per heavy atom. The number of ether oxygens (including phenoxy) is 2. The number of esters is 2. The molecule has 1 aromatic rings. The summed E-state index contributed by atoms with van der Waals surface area (Å²) in [6.45, 7) is 2.64. The Morgan fingerprint density at radius 2 is 1.78 bits per heavy atom. The molecule has 0 aromatic heterocycles. The van der Waals surface area contributed by atoms with E-state index in [1.54, 1.807) is 6.08 Å². The molecule has 4 nitrogen and oxygen atoms in total. The number of carbonyl (C=O) groups is 2. The van der Waals surface area contributed by atoms with Crippen molar-refractivity contribution in [3.63, 3.8) is 0 Å². The minimum Gasteiger partial charge on any atom is -0.453 e. The highest BCUT2D eigenvalue weighted by molar-refractivity contribution is 5.69. The second-order valence-corrected chi connectivity index (χ2v) is 4.00. The Kier molecular flexibility index (Phi) is 3.46. The van der Waals surface area contributed by atoms with E-state index in [-0.39, 0.29) is 0 Å². The topological polar surface area (TPSA) is 52.6 Å². The van der Waals surface area contributed by atoms with Crippen LogP contribution in [0, 0.1) is 6.08 Å². The monoisotopic (exact) mass is 245 g/mol. The summed E-state index contributed by atoms with van der Waals surface area (Å²) in [6.07, 6.45) is 3.33. The molecule has 0 aliphatic heterocycles. The van der Waals surface area contributed by atoms with E-state index >= 15 is 0 Å². The van der Waals surface area contributed by atoms with Gasteiger partial charge in [0.25, 0.3) is 0 Å². The minimum atomic E-state index is -0.693. The molecule has 93 valence electrons. The van der Waals surface area contributed by atoms with Gasteiger partial charge in [0, 0.05) is 25.5 Å². The molecule has 0 fully saturated rings. The van der Waals surface area contributed by atoms with Crippen LogP contribution in [-0.2, 0) is 19.1 Å². The fourth-order valence-corrected chi connectivity index (χ4v) is 1.90. The minimum absolute atomic E-state index is 0.421. The first-order valence-corrected chi connectivity index (χ1v) is 5.60. The van der Waals surface area contributed by atoms with Gasteiger partial charge in [0.05, 0.1) is 0 Å². The van der Waals surface area contributed by atoms with Crippen LogP contribution in [0.2, 0.25) is 0 Å². The second kappa shape index (κ2) is 5.04. The normalized spacial score (nSPS) is 21.0. The van der Waals surface area contributed by atoms with Crippen LogP contribution in [0.25, 0.3) is 6.08 Å². The van der Waals surface area contributed by atoms with E-state index in [0.29, 0.717) is 0 Å². The van der Waals surface area contributed by atoms with Gasteiger partial charge in [-0.1, -0.05) is 24.3 Å².